The highest BCUT2D eigenvalue weighted by molar-refractivity contribution is 7.89. The number of anilines is 1. The second kappa shape index (κ2) is 9.60. The van der Waals surface area contributed by atoms with Crippen LogP contribution in [-0.4, -0.2) is 48.7 Å². The van der Waals surface area contributed by atoms with E-state index in [4.69, 9.17) is 4.74 Å². The second-order valence-corrected chi connectivity index (χ2v) is 10.7. The maximum absolute atomic E-state index is 13.3. The summed E-state index contributed by atoms with van der Waals surface area (Å²) >= 11 is 0. The minimum atomic E-state index is -3.63. The number of ether oxygens (including phenoxy) is 1. The number of fused-ring (bicyclic) bond motifs is 1. The summed E-state index contributed by atoms with van der Waals surface area (Å²) in [4.78, 5) is 22.9. The molecule has 1 unspecified atom stereocenters. The van der Waals surface area contributed by atoms with Crippen LogP contribution in [0.15, 0.2) is 53.6 Å². The summed E-state index contributed by atoms with van der Waals surface area (Å²) in [5.41, 5.74) is 2.48. The Morgan fingerprint density at radius 2 is 1.94 bits per heavy atom. The van der Waals surface area contributed by atoms with Crippen LogP contribution in [-0.2, 0) is 26.2 Å². The minimum Gasteiger partial charge on any atom is -0.491 e. The van der Waals surface area contributed by atoms with E-state index in [0.717, 1.165) is 22.8 Å². The highest BCUT2D eigenvalue weighted by Crippen LogP contribution is 2.37. The van der Waals surface area contributed by atoms with Crippen LogP contribution >= 0.6 is 0 Å². The molecule has 1 fully saturated rings. The van der Waals surface area contributed by atoms with Gasteiger partial charge >= 0.3 is 0 Å². The van der Waals surface area contributed by atoms with E-state index < -0.39 is 10.0 Å². The number of aromatic nitrogens is 1. The number of carbonyl (C=O) groups excluding carboxylic acids is 2. The fourth-order valence-electron chi connectivity index (χ4n) is 4.47. The van der Waals surface area contributed by atoms with Gasteiger partial charge in [0.2, 0.25) is 15.9 Å². The summed E-state index contributed by atoms with van der Waals surface area (Å²) in [7, 11) is -3.63. The summed E-state index contributed by atoms with van der Waals surface area (Å²) in [6.07, 6.45) is 3.45. The number of hydrogen-bond donors (Lipinski definition) is 1. The zero-order valence-corrected chi connectivity index (χ0v) is 20.3. The Balaban J connectivity index is 1.59. The van der Waals surface area contributed by atoms with Gasteiger partial charge in [-0.1, -0.05) is 6.07 Å². The SMILES string of the molecule is CC(=O)Nc1ccc2c(C3CCN(S(=O)(=O)c4ccc(OC(C)C)cc4)C3)cn(CC=O)c2c1. The van der Waals surface area contributed by atoms with Crippen LogP contribution in [0.5, 0.6) is 5.75 Å². The quantitative estimate of drug-likeness (QED) is 0.492. The fraction of sp³-hybridized carbons (Fsp3) is 0.360. The lowest BCUT2D eigenvalue weighted by molar-refractivity contribution is -0.114. The predicted molar refractivity (Wildman–Crippen MR) is 131 cm³/mol. The van der Waals surface area contributed by atoms with Crippen molar-refractivity contribution in [2.45, 2.75) is 50.7 Å². The first-order valence-corrected chi connectivity index (χ1v) is 12.7. The highest BCUT2D eigenvalue weighted by atomic mass is 32.2. The first-order chi connectivity index (χ1) is 16.2. The molecule has 180 valence electrons. The fourth-order valence-corrected chi connectivity index (χ4v) is 5.97. The number of aldehydes is 1. The molecule has 2 heterocycles. The van der Waals surface area contributed by atoms with Crippen molar-refractivity contribution in [3.8, 4) is 5.75 Å². The molecule has 1 saturated heterocycles. The standard InChI is InChI=1S/C25H29N3O5S/c1-17(2)33-21-5-7-22(8-6-21)34(31,32)28-11-10-19(15-28)24-16-27(12-13-29)25-14-20(26-18(3)30)4-9-23(24)25/h4-9,13-14,16-17,19H,10-12,15H2,1-3H3,(H,26,30). The average Bonchev–Trinajstić information content (AvgIpc) is 3.39. The molecule has 3 aromatic rings. The van der Waals surface area contributed by atoms with Gasteiger partial charge in [-0.2, -0.15) is 4.31 Å². The molecule has 8 nitrogen and oxygen atoms in total. The van der Waals surface area contributed by atoms with Gasteiger partial charge in [-0.25, -0.2) is 8.42 Å². The lowest BCUT2D eigenvalue weighted by Crippen LogP contribution is -2.28. The van der Waals surface area contributed by atoms with E-state index in [1.165, 1.54) is 11.2 Å². The molecule has 1 atom stereocenters. The maximum atomic E-state index is 13.3. The molecule has 1 N–H and O–H groups in total. The van der Waals surface area contributed by atoms with E-state index in [2.05, 4.69) is 5.32 Å². The van der Waals surface area contributed by atoms with Crippen molar-refractivity contribution in [3.63, 3.8) is 0 Å². The molecule has 0 aliphatic carbocycles. The van der Waals surface area contributed by atoms with Crippen LogP contribution in [0.4, 0.5) is 5.69 Å². The molecule has 1 aliphatic rings. The molecule has 1 amide bonds. The molecule has 34 heavy (non-hydrogen) atoms. The van der Waals surface area contributed by atoms with Crippen molar-refractivity contribution in [2.75, 3.05) is 18.4 Å². The van der Waals surface area contributed by atoms with Crippen molar-refractivity contribution in [3.05, 3.63) is 54.2 Å². The number of hydrogen-bond acceptors (Lipinski definition) is 5. The van der Waals surface area contributed by atoms with E-state index >= 15 is 0 Å². The van der Waals surface area contributed by atoms with Crippen molar-refractivity contribution in [1.29, 1.82) is 0 Å². The lowest BCUT2D eigenvalue weighted by Gasteiger charge is -2.17. The van der Waals surface area contributed by atoms with Gasteiger partial charge in [0, 0.05) is 43.2 Å². The molecule has 0 saturated carbocycles. The van der Waals surface area contributed by atoms with Crippen LogP contribution in [0.2, 0.25) is 0 Å². The average molecular weight is 484 g/mol. The van der Waals surface area contributed by atoms with Crippen molar-refractivity contribution < 1.29 is 22.7 Å². The highest BCUT2D eigenvalue weighted by Gasteiger charge is 2.34. The lowest BCUT2D eigenvalue weighted by atomic mass is 9.98. The second-order valence-electron chi connectivity index (χ2n) is 8.80. The molecule has 9 heteroatoms. The Kier molecular flexibility index (Phi) is 6.77. The largest absolute Gasteiger partial charge is 0.491 e. The Hall–Kier alpha value is -3.17. The Morgan fingerprint density at radius 3 is 2.59 bits per heavy atom. The topological polar surface area (TPSA) is 97.7 Å². The van der Waals surface area contributed by atoms with Crippen molar-refractivity contribution >= 4 is 38.8 Å². The molecule has 0 spiro atoms. The molecular weight excluding hydrogens is 454 g/mol. The van der Waals surface area contributed by atoms with E-state index in [0.29, 0.717) is 30.9 Å². The summed E-state index contributed by atoms with van der Waals surface area (Å²) in [6, 6.07) is 12.1. The summed E-state index contributed by atoms with van der Waals surface area (Å²) in [5.74, 6) is 0.462. The third-order valence-electron chi connectivity index (χ3n) is 5.93. The number of sulfonamides is 1. The number of nitrogens with zero attached hydrogens (tertiary/aromatic N) is 2. The van der Waals surface area contributed by atoms with Crippen LogP contribution in [0, 0.1) is 0 Å². The molecule has 0 bridgehead atoms. The summed E-state index contributed by atoms with van der Waals surface area (Å²) in [6.45, 7) is 6.24. The number of amides is 1. The maximum Gasteiger partial charge on any atom is 0.243 e. The normalized spacial score (nSPS) is 16.8. The van der Waals surface area contributed by atoms with Gasteiger partial charge in [0.25, 0.3) is 0 Å². The van der Waals surface area contributed by atoms with Gasteiger partial charge < -0.3 is 19.4 Å². The number of nitrogens with one attached hydrogen (secondary N) is 1. The van der Waals surface area contributed by atoms with E-state index in [9.17, 15) is 18.0 Å². The van der Waals surface area contributed by atoms with E-state index in [-0.39, 0.29) is 29.4 Å². The van der Waals surface area contributed by atoms with Crippen LogP contribution in [0.1, 0.15) is 38.7 Å². The third-order valence-corrected chi connectivity index (χ3v) is 7.81. The van der Waals surface area contributed by atoms with Gasteiger partial charge in [0.15, 0.2) is 0 Å². The molecule has 1 aliphatic heterocycles. The molecule has 2 aromatic carbocycles. The number of rotatable bonds is 8. The van der Waals surface area contributed by atoms with Gasteiger partial charge in [-0.15, -0.1) is 0 Å². The summed E-state index contributed by atoms with van der Waals surface area (Å²) < 4.78 is 35.5. The van der Waals surface area contributed by atoms with Gasteiger partial charge in [-0.05, 0) is 62.2 Å². The molecule has 4 rings (SSSR count). The third kappa shape index (κ3) is 4.85. The zero-order valence-electron chi connectivity index (χ0n) is 19.5. The first-order valence-electron chi connectivity index (χ1n) is 11.3. The first kappa shape index (κ1) is 24.0. The predicted octanol–water partition coefficient (Wildman–Crippen LogP) is 3.76. The zero-order chi connectivity index (χ0) is 24.5. The summed E-state index contributed by atoms with van der Waals surface area (Å²) in [5, 5.41) is 3.72. The van der Waals surface area contributed by atoms with Gasteiger partial charge in [0.05, 0.1) is 23.1 Å². The Bertz CT molecular complexity index is 1310. The van der Waals surface area contributed by atoms with E-state index in [1.54, 1.807) is 24.3 Å². The van der Waals surface area contributed by atoms with Crippen LogP contribution in [0.3, 0.4) is 0 Å². The molecular formula is C25H29N3O5S. The number of carbonyl (C=O) groups is 2. The van der Waals surface area contributed by atoms with Crippen LogP contribution < -0.4 is 10.1 Å². The van der Waals surface area contributed by atoms with Crippen molar-refractivity contribution in [2.24, 2.45) is 0 Å². The van der Waals surface area contributed by atoms with Crippen LogP contribution in [0.25, 0.3) is 10.9 Å². The van der Waals surface area contributed by atoms with Gasteiger partial charge in [-0.3, -0.25) is 4.79 Å². The smallest absolute Gasteiger partial charge is 0.243 e. The monoisotopic (exact) mass is 483 g/mol. The molecule has 1 aromatic heterocycles. The molecule has 0 radical (unpaired) electrons. The number of benzene rings is 2. The van der Waals surface area contributed by atoms with E-state index in [1.807, 2.05) is 42.8 Å². The Morgan fingerprint density at radius 1 is 1.21 bits per heavy atom. The van der Waals surface area contributed by atoms with Crippen molar-refractivity contribution in [1.82, 2.24) is 8.87 Å². The Labute approximate surface area is 199 Å². The van der Waals surface area contributed by atoms with Gasteiger partial charge in [0.1, 0.15) is 12.0 Å². The minimum absolute atomic E-state index is 0.000316.